The summed E-state index contributed by atoms with van der Waals surface area (Å²) < 4.78 is 35.9. The van der Waals surface area contributed by atoms with Gasteiger partial charge in [0.2, 0.25) is 0 Å². The largest absolute Gasteiger partial charge is 0.416 e. The zero-order valence-corrected chi connectivity index (χ0v) is 12.5. The first kappa shape index (κ1) is 15.7. The number of hydrogen-bond donors (Lipinski definition) is 0. The van der Waals surface area contributed by atoms with Crippen LogP contribution in [0.5, 0.6) is 0 Å². The molecule has 0 aliphatic heterocycles. The van der Waals surface area contributed by atoms with Crippen molar-refractivity contribution in [1.82, 2.24) is 0 Å². The Morgan fingerprint density at radius 3 is 2.00 bits per heavy atom. The van der Waals surface area contributed by atoms with Crippen molar-refractivity contribution in [3.63, 3.8) is 0 Å². The van der Waals surface area contributed by atoms with Crippen LogP contribution in [0.3, 0.4) is 0 Å². The molecule has 8 heteroatoms. The van der Waals surface area contributed by atoms with Crippen LogP contribution in [0.15, 0.2) is 16.6 Å². The summed E-state index contributed by atoms with van der Waals surface area (Å²) >= 11 is 25.4. The Kier molecular flexibility index (Phi) is 4.93. The molecule has 0 spiro atoms. The van der Waals surface area contributed by atoms with E-state index in [9.17, 15) is 13.2 Å². The summed E-state index contributed by atoms with van der Waals surface area (Å²) in [5, 5.41) is -0.0991. The molecule has 0 radical (unpaired) electrons. The molecule has 1 aromatic carbocycles. The molecule has 0 N–H and O–H groups in total. The summed E-state index contributed by atoms with van der Waals surface area (Å²) in [5.74, 6) is 0. The highest BCUT2D eigenvalue weighted by Crippen LogP contribution is 2.40. The van der Waals surface area contributed by atoms with Crippen LogP contribution in [-0.4, -0.2) is 3.79 Å². The fourth-order valence-corrected chi connectivity index (χ4v) is 2.54. The Balaban J connectivity index is 3.20. The van der Waals surface area contributed by atoms with Crippen molar-refractivity contribution in [1.29, 1.82) is 0 Å². The predicted octanol–water partition coefficient (Wildman–Crippen LogP) is 6.03. The third-order valence-corrected chi connectivity index (χ3v) is 3.29. The van der Waals surface area contributed by atoms with E-state index in [1.165, 1.54) is 0 Å². The van der Waals surface area contributed by atoms with E-state index in [0.717, 1.165) is 12.1 Å². The zero-order chi connectivity index (χ0) is 13.4. The van der Waals surface area contributed by atoms with E-state index in [2.05, 4.69) is 15.9 Å². The van der Waals surface area contributed by atoms with Gasteiger partial charge in [0, 0.05) is 15.9 Å². The maximum absolute atomic E-state index is 12.5. The molecule has 0 atom stereocenters. The van der Waals surface area contributed by atoms with Gasteiger partial charge in [0.15, 0.2) is 3.79 Å². The normalized spacial score (nSPS) is 12.9. The second kappa shape index (κ2) is 5.33. The van der Waals surface area contributed by atoms with Gasteiger partial charge >= 0.3 is 6.18 Å². The molecule has 0 fully saturated rings. The molecule has 1 rings (SSSR count). The van der Waals surface area contributed by atoms with Gasteiger partial charge in [-0.1, -0.05) is 62.3 Å². The van der Waals surface area contributed by atoms with E-state index in [1.807, 2.05) is 0 Å². The third kappa shape index (κ3) is 4.67. The smallest absolute Gasteiger partial charge is 0.166 e. The minimum Gasteiger partial charge on any atom is -0.166 e. The quantitative estimate of drug-likeness (QED) is 0.513. The van der Waals surface area contributed by atoms with Crippen LogP contribution in [0, 0.1) is 0 Å². The van der Waals surface area contributed by atoms with Crippen molar-refractivity contribution in [3.8, 4) is 0 Å². The van der Waals surface area contributed by atoms with E-state index in [0.29, 0.717) is 5.56 Å². The van der Waals surface area contributed by atoms with Crippen LogP contribution in [0.2, 0.25) is 5.02 Å². The molecule has 96 valence electrons. The monoisotopic (exact) mass is 388 g/mol. The molecular weight excluding hydrogens is 387 g/mol. The van der Waals surface area contributed by atoms with Crippen LogP contribution in [-0.2, 0) is 12.6 Å². The van der Waals surface area contributed by atoms with Crippen molar-refractivity contribution in [2.24, 2.45) is 0 Å². The lowest BCUT2D eigenvalue weighted by molar-refractivity contribution is -0.137. The van der Waals surface area contributed by atoms with E-state index >= 15 is 0 Å². The van der Waals surface area contributed by atoms with E-state index in [-0.39, 0.29) is 15.9 Å². The highest BCUT2D eigenvalue weighted by atomic mass is 79.9. The van der Waals surface area contributed by atoms with Crippen LogP contribution < -0.4 is 0 Å². The average molecular weight is 391 g/mol. The Morgan fingerprint density at radius 1 is 1.12 bits per heavy atom. The van der Waals surface area contributed by atoms with Crippen molar-refractivity contribution < 1.29 is 13.2 Å². The number of benzene rings is 1. The van der Waals surface area contributed by atoms with Gasteiger partial charge in [0.1, 0.15) is 0 Å². The van der Waals surface area contributed by atoms with Crippen molar-refractivity contribution >= 4 is 62.3 Å². The van der Waals surface area contributed by atoms with Crippen molar-refractivity contribution in [2.45, 2.75) is 16.4 Å². The Bertz CT molecular complexity index is 402. The van der Waals surface area contributed by atoms with Crippen LogP contribution >= 0.6 is 62.3 Å². The molecule has 0 aliphatic carbocycles. The first-order chi connectivity index (χ1) is 7.50. The van der Waals surface area contributed by atoms with Gasteiger partial charge in [-0.3, -0.25) is 0 Å². The molecule has 0 bridgehead atoms. The molecule has 17 heavy (non-hydrogen) atoms. The van der Waals surface area contributed by atoms with Gasteiger partial charge in [-0.15, -0.1) is 0 Å². The lowest BCUT2D eigenvalue weighted by Crippen LogP contribution is -2.10. The highest BCUT2D eigenvalue weighted by Gasteiger charge is 2.32. The fraction of sp³-hybridized carbons (Fsp3) is 0.333. The lowest BCUT2D eigenvalue weighted by Gasteiger charge is -2.16. The minimum absolute atomic E-state index is 0.0881. The van der Waals surface area contributed by atoms with E-state index in [4.69, 9.17) is 46.4 Å². The molecular formula is C9H4BrCl4F3. The molecule has 0 saturated carbocycles. The molecule has 0 heterocycles. The van der Waals surface area contributed by atoms with Gasteiger partial charge in [-0.05, 0) is 17.7 Å². The van der Waals surface area contributed by atoms with Gasteiger partial charge < -0.3 is 0 Å². The summed E-state index contributed by atoms with van der Waals surface area (Å²) in [6, 6.07) is 1.70. The Labute approximate surface area is 124 Å². The Morgan fingerprint density at radius 2 is 1.65 bits per heavy atom. The van der Waals surface area contributed by atoms with Gasteiger partial charge in [-0.2, -0.15) is 13.2 Å². The molecule has 0 nitrogen and oxygen atoms in total. The predicted molar refractivity (Wildman–Crippen MR) is 68.1 cm³/mol. The van der Waals surface area contributed by atoms with Crippen molar-refractivity contribution in [3.05, 3.63) is 32.8 Å². The van der Waals surface area contributed by atoms with Crippen LogP contribution in [0.4, 0.5) is 13.2 Å². The summed E-state index contributed by atoms with van der Waals surface area (Å²) in [6.07, 6.45) is -4.56. The van der Waals surface area contributed by atoms with Crippen LogP contribution in [0.1, 0.15) is 11.1 Å². The summed E-state index contributed by atoms with van der Waals surface area (Å²) in [7, 11) is 0. The first-order valence-corrected chi connectivity index (χ1v) is 6.43. The Hall–Kier alpha value is 0.650. The van der Waals surface area contributed by atoms with Gasteiger partial charge in [-0.25, -0.2) is 0 Å². The molecule has 0 aliphatic rings. The number of hydrogen-bond acceptors (Lipinski definition) is 0. The molecule has 1 aromatic rings. The minimum atomic E-state index is -4.47. The summed E-state index contributed by atoms with van der Waals surface area (Å²) in [6.45, 7) is 0. The summed E-state index contributed by atoms with van der Waals surface area (Å²) in [5.41, 5.74) is -0.540. The number of halogens is 8. The molecule has 0 saturated heterocycles. The second-order valence-corrected chi connectivity index (χ2v) is 6.99. The van der Waals surface area contributed by atoms with Gasteiger partial charge in [0.25, 0.3) is 0 Å². The average Bonchev–Trinajstić information content (AvgIpc) is 2.07. The van der Waals surface area contributed by atoms with Crippen molar-refractivity contribution in [2.75, 3.05) is 0 Å². The molecule has 0 unspecified atom stereocenters. The number of alkyl halides is 6. The summed E-state index contributed by atoms with van der Waals surface area (Å²) in [4.78, 5) is 0. The van der Waals surface area contributed by atoms with E-state index < -0.39 is 15.5 Å². The number of rotatable bonds is 1. The highest BCUT2D eigenvalue weighted by molar-refractivity contribution is 9.10. The molecule has 0 amide bonds. The third-order valence-electron chi connectivity index (χ3n) is 1.85. The maximum atomic E-state index is 12.5. The second-order valence-electron chi connectivity index (χ2n) is 3.21. The topological polar surface area (TPSA) is 0 Å². The molecule has 0 aromatic heterocycles. The van der Waals surface area contributed by atoms with Gasteiger partial charge in [0.05, 0.1) is 5.56 Å². The zero-order valence-electron chi connectivity index (χ0n) is 7.89. The standard InChI is InChI=1S/C9H4BrCl4F3/c10-6-1-4(9(15,16)17)2-7(11)5(6)3-8(12,13)14/h1-2H,3H2. The SMILES string of the molecule is FC(F)(F)c1cc(Cl)c(CC(Cl)(Cl)Cl)c(Br)c1. The van der Waals surface area contributed by atoms with E-state index in [1.54, 1.807) is 0 Å². The fourth-order valence-electron chi connectivity index (χ4n) is 1.14. The lowest BCUT2D eigenvalue weighted by atomic mass is 10.1. The van der Waals surface area contributed by atoms with Crippen LogP contribution in [0.25, 0.3) is 0 Å². The maximum Gasteiger partial charge on any atom is 0.416 e. The first-order valence-electron chi connectivity index (χ1n) is 4.12.